The molecule has 1 N–H and O–H groups in total. The average Bonchev–Trinajstić information content (AvgIpc) is 3.05. The molecule has 0 aliphatic carbocycles. The molecule has 1 unspecified atom stereocenters. The molecule has 0 aromatic heterocycles. The zero-order chi connectivity index (χ0) is 15.8. The van der Waals surface area contributed by atoms with Crippen molar-refractivity contribution in [2.24, 2.45) is 4.99 Å². The topological polar surface area (TPSA) is 46.1 Å². The standard InChI is InChI=1S/C17H27N3O2/c1-4-18-17(19-12-15-9-7-11-22-15)20(2)13-14-8-5-6-10-16(14)21-3/h5-6,8,10,15H,4,7,9,11-13H2,1-3H3,(H,18,19). The third-order valence-corrected chi connectivity index (χ3v) is 3.77. The number of hydrogen-bond donors (Lipinski definition) is 1. The Morgan fingerprint density at radius 3 is 2.95 bits per heavy atom. The first kappa shape index (κ1) is 16.6. The molecule has 0 spiro atoms. The van der Waals surface area contributed by atoms with Gasteiger partial charge in [-0.3, -0.25) is 4.99 Å². The number of aliphatic imine (C=N–C) groups is 1. The van der Waals surface area contributed by atoms with Crippen LogP contribution in [0.25, 0.3) is 0 Å². The van der Waals surface area contributed by atoms with E-state index < -0.39 is 0 Å². The molecule has 1 heterocycles. The zero-order valence-electron chi connectivity index (χ0n) is 13.8. The minimum Gasteiger partial charge on any atom is -0.496 e. The molecule has 1 saturated heterocycles. The Kier molecular flexibility index (Phi) is 6.52. The van der Waals surface area contributed by atoms with Gasteiger partial charge in [-0.1, -0.05) is 18.2 Å². The Hall–Kier alpha value is -1.75. The normalized spacial score (nSPS) is 18.3. The number of nitrogens with one attached hydrogen (secondary N) is 1. The van der Waals surface area contributed by atoms with Gasteiger partial charge in [-0.05, 0) is 25.8 Å². The molecule has 0 saturated carbocycles. The van der Waals surface area contributed by atoms with E-state index in [1.54, 1.807) is 7.11 Å². The summed E-state index contributed by atoms with van der Waals surface area (Å²) in [4.78, 5) is 6.83. The second-order valence-corrected chi connectivity index (χ2v) is 5.50. The number of benzene rings is 1. The molecule has 1 fully saturated rings. The van der Waals surface area contributed by atoms with Crippen LogP contribution < -0.4 is 10.1 Å². The van der Waals surface area contributed by atoms with Crippen LogP contribution in [0.3, 0.4) is 0 Å². The second-order valence-electron chi connectivity index (χ2n) is 5.50. The van der Waals surface area contributed by atoms with Crippen molar-refractivity contribution in [3.8, 4) is 5.75 Å². The zero-order valence-corrected chi connectivity index (χ0v) is 13.8. The van der Waals surface area contributed by atoms with Crippen LogP contribution in [0.5, 0.6) is 5.75 Å². The van der Waals surface area contributed by atoms with Crippen LogP contribution in [-0.2, 0) is 11.3 Å². The molecule has 1 aliphatic heterocycles. The van der Waals surface area contributed by atoms with E-state index in [1.165, 1.54) is 0 Å². The summed E-state index contributed by atoms with van der Waals surface area (Å²) >= 11 is 0. The maximum absolute atomic E-state index is 5.64. The smallest absolute Gasteiger partial charge is 0.194 e. The Balaban J connectivity index is 2.01. The third kappa shape index (κ3) is 4.63. The highest BCUT2D eigenvalue weighted by Crippen LogP contribution is 2.19. The van der Waals surface area contributed by atoms with Crippen LogP contribution in [0, 0.1) is 0 Å². The highest BCUT2D eigenvalue weighted by Gasteiger charge is 2.16. The quantitative estimate of drug-likeness (QED) is 0.647. The van der Waals surface area contributed by atoms with E-state index in [9.17, 15) is 0 Å². The van der Waals surface area contributed by atoms with Gasteiger partial charge >= 0.3 is 0 Å². The molecule has 122 valence electrons. The summed E-state index contributed by atoms with van der Waals surface area (Å²) in [6.45, 7) is 5.27. The molecular weight excluding hydrogens is 278 g/mol. The minimum absolute atomic E-state index is 0.272. The fraction of sp³-hybridized carbons (Fsp3) is 0.588. The summed E-state index contributed by atoms with van der Waals surface area (Å²) in [6, 6.07) is 8.08. The third-order valence-electron chi connectivity index (χ3n) is 3.77. The molecule has 22 heavy (non-hydrogen) atoms. The summed E-state index contributed by atoms with van der Waals surface area (Å²) < 4.78 is 11.1. The molecule has 0 radical (unpaired) electrons. The highest BCUT2D eigenvalue weighted by molar-refractivity contribution is 5.79. The van der Waals surface area contributed by atoms with Crippen molar-refractivity contribution >= 4 is 5.96 Å². The summed E-state index contributed by atoms with van der Waals surface area (Å²) in [7, 11) is 3.75. The predicted octanol–water partition coefficient (Wildman–Crippen LogP) is 2.27. The van der Waals surface area contributed by atoms with Crippen LogP contribution in [-0.4, -0.2) is 50.8 Å². The Morgan fingerprint density at radius 2 is 2.27 bits per heavy atom. The maximum Gasteiger partial charge on any atom is 0.194 e. The second kappa shape index (κ2) is 8.63. The molecular formula is C17H27N3O2. The SMILES string of the molecule is CCNC(=NCC1CCCO1)N(C)Cc1ccccc1OC. The molecule has 5 heteroatoms. The lowest BCUT2D eigenvalue weighted by Crippen LogP contribution is -2.39. The number of hydrogen-bond acceptors (Lipinski definition) is 3. The first-order valence-electron chi connectivity index (χ1n) is 7.97. The van der Waals surface area contributed by atoms with Crippen molar-refractivity contribution in [3.05, 3.63) is 29.8 Å². The van der Waals surface area contributed by atoms with Crippen LogP contribution in [0.2, 0.25) is 0 Å². The summed E-state index contributed by atoms with van der Waals surface area (Å²) in [6.07, 6.45) is 2.53. The summed E-state index contributed by atoms with van der Waals surface area (Å²) in [5.41, 5.74) is 1.15. The maximum atomic E-state index is 5.64. The van der Waals surface area contributed by atoms with Gasteiger partial charge in [-0.25, -0.2) is 0 Å². The van der Waals surface area contributed by atoms with Gasteiger partial charge < -0.3 is 19.7 Å². The van der Waals surface area contributed by atoms with E-state index in [0.717, 1.165) is 56.4 Å². The summed E-state index contributed by atoms with van der Waals surface area (Å²) in [5, 5.41) is 3.34. The monoisotopic (exact) mass is 305 g/mol. The van der Waals surface area contributed by atoms with Crippen LogP contribution in [0.15, 0.2) is 29.3 Å². The van der Waals surface area contributed by atoms with Crippen LogP contribution in [0.4, 0.5) is 0 Å². The highest BCUT2D eigenvalue weighted by atomic mass is 16.5. The first-order valence-corrected chi connectivity index (χ1v) is 7.97. The van der Waals surface area contributed by atoms with Crippen molar-refractivity contribution in [1.29, 1.82) is 0 Å². The van der Waals surface area contributed by atoms with E-state index in [4.69, 9.17) is 14.5 Å². The average molecular weight is 305 g/mol. The molecule has 5 nitrogen and oxygen atoms in total. The lowest BCUT2D eigenvalue weighted by molar-refractivity contribution is 0.117. The van der Waals surface area contributed by atoms with Crippen molar-refractivity contribution in [2.75, 3.05) is 33.9 Å². The minimum atomic E-state index is 0.272. The molecule has 1 atom stereocenters. The van der Waals surface area contributed by atoms with E-state index in [2.05, 4.69) is 23.2 Å². The number of para-hydroxylation sites is 1. The van der Waals surface area contributed by atoms with Gasteiger partial charge in [0.05, 0.1) is 19.8 Å². The van der Waals surface area contributed by atoms with Crippen LogP contribution >= 0.6 is 0 Å². The van der Waals surface area contributed by atoms with E-state index in [0.29, 0.717) is 0 Å². The van der Waals surface area contributed by atoms with Crippen molar-refractivity contribution < 1.29 is 9.47 Å². The molecule has 0 amide bonds. The number of rotatable bonds is 6. The number of methoxy groups -OCH3 is 1. The molecule has 1 aromatic carbocycles. The molecule has 0 bridgehead atoms. The van der Waals surface area contributed by atoms with Crippen LogP contribution in [0.1, 0.15) is 25.3 Å². The molecule has 1 aliphatic rings. The van der Waals surface area contributed by atoms with E-state index in [-0.39, 0.29) is 6.10 Å². The van der Waals surface area contributed by atoms with Gasteiger partial charge in [0.1, 0.15) is 5.75 Å². The van der Waals surface area contributed by atoms with Gasteiger partial charge in [0.25, 0.3) is 0 Å². The fourth-order valence-electron chi connectivity index (χ4n) is 2.61. The molecule has 1 aromatic rings. The van der Waals surface area contributed by atoms with Crippen molar-refractivity contribution in [3.63, 3.8) is 0 Å². The Morgan fingerprint density at radius 1 is 1.45 bits per heavy atom. The fourth-order valence-corrected chi connectivity index (χ4v) is 2.61. The van der Waals surface area contributed by atoms with Gasteiger partial charge in [0.2, 0.25) is 0 Å². The van der Waals surface area contributed by atoms with Gasteiger partial charge in [0.15, 0.2) is 5.96 Å². The first-order chi connectivity index (χ1) is 10.7. The van der Waals surface area contributed by atoms with Gasteiger partial charge in [-0.2, -0.15) is 0 Å². The Bertz CT molecular complexity index is 485. The summed E-state index contributed by atoms with van der Waals surface area (Å²) in [5.74, 6) is 1.81. The molecule has 2 rings (SSSR count). The van der Waals surface area contributed by atoms with Gasteiger partial charge in [-0.15, -0.1) is 0 Å². The number of guanidine groups is 1. The lowest BCUT2D eigenvalue weighted by Gasteiger charge is -2.23. The largest absolute Gasteiger partial charge is 0.496 e. The lowest BCUT2D eigenvalue weighted by atomic mass is 10.2. The van der Waals surface area contributed by atoms with E-state index in [1.807, 2.05) is 25.2 Å². The predicted molar refractivity (Wildman–Crippen MR) is 89.4 cm³/mol. The van der Waals surface area contributed by atoms with Crippen molar-refractivity contribution in [1.82, 2.24) is 10.2 Å². The number of ether oxygens (including phenoxy) is 2. The van der Waals surface area contributed by atoms with Gasteiger partial charge in [0, 0.05) is 32.3 Å². The van der Waals surface area contributed by atoms with Crippen molar-refractivity contribution in [2.45, 2.75) is 32.4 Å². The Labute approximate surface area is 133 Å². The van der Waals surface area contributed by atoms with E-state index >= 15 is 0 Å². The number of nitrogens with zero attached hydrogens (tertiary/aromatic N) is 2.